The summed E-state index contributed by atoms with van der Waals surface area (Å²) in [6.45, 7) is 4.21. The number of hydrogen-bond donors (Lipinski definition) is 2. The van der Waals surface area contributed by atoms with E-state index >= 15 is 0 Å². The van der Waals surface area contributed by atoms with Crippen LogP contribution in [-0.2, 0) is 11.2 Å². The molecule has 0 fully saturated rings. The Bertz CT molecular complexity index is 437. The van der Waals surface area contributed by atoms with Crippen LogP contribution in [0, 0.1) is 5.92 Å². The summed E-state index contributed by atoms with van der Waals surface area (Å²) in [7, 11) is 0. The van der Waals surface area contributed by atoms with Gasteiger partial charge in [-0.1, -0.05) is 25.1 Å². The molecule has 5 heteroatoms. The molecule has 0 saturated carbocycles. The molecule has 1 aliphatic heterocycles. The number of rotatable bonds is 3. The Balaban J connectivity index is 0.00000180. The van der Waals surface area contributed by atoms with Gasteiger partial charge < -0.3 is 15.8 Å². The average molecular weight is 285 g/mol. The van der Waals surface area contributed by atoms with Gasteiger partial charge in [-0.15, -0.1) is 12.4 Å². The Morgan fingerprint density at radius 1 is 1.42 bits per heavy atom. The van der Waals surface area contributed by atoms with Crippen molar-refractivity contribution >= 4 is 18.3 Å². The lowest BCUT2D eigenvalue weighted by molar-refractivity contribution is -0.126. The van der Waals surface area contributed by atoms with Gasteiger partial charge in [0, 0.05) is 12.0 Å². The molecule has 3 atom stereocenters. The van der Waals surface area contributed by atoms with Crippen LogP contribution in [0.3, 0.4) is 0 Å². The third-order valence-corrected chi connectivity index (χ3v) is 3.43. The predicted octanol–water partition coefficient (Wildman–Crippen LogP) is 1.51. The number of carbonyl (C=O) groups excluding carboxylic acids is 1. The van der Waals surface area contributed by atoms with Crippen molar-refractivity contribution in [3.05, 3.63) is 29.8 Å². The average Bonchev–Trinajstić information content (AvgIpc) is 2.37. The zero-order chi connectivity index (χ0) is 13.1. The minimum absolute atomic E-state index is 0. The maximum absolute atomic E-state index is 11.9. The molecule has 0 radical (unpaired) electrons. The van der Waals surface area contributed by atoms with Gasteiger partial charge in [-0.05, 0) is 25.0 Å². The lowest BCUT2D eigenvalue weighted by Gasteiger charge is -2.27. The van der Waals surface area contributed by atoms with Crippen molar-refractivity contribution in [2.24, 2.45) is 11.7 Å². The first-order chi connectivity index (χ1) is 8.58. The van der Waals surface area contributed by atoms with Crippen molar-refractivity contribution in [3.8, 4) is 5.75 Å². The Hall–Kier alpha value is -1.26. The van der Waals surface area contributed by atoms with Crippen molar-refractivity contribution < 1.29 is 9.53 Å². The highest BCUT2D eigenvalue weighted by atomic mass is 35.5. The number of nitrogens with one attached hydrogen (secondary N) is 1. The second kappa shape index (κ2) is 6.78. The zero-order valence-electron chi connectivity index (χ0n) is 11.3. The number of halogens is 1. The fraction of sp³-hybridized carbons (Fsp3) is 0.500. The smallest absolute Gasteiger partial charge is 0.224 e. The number of ether oxygens (including phenoxy) is 1. The first-order valence-corrected chi connectivity index (χ1v) is 6.34. The summed E-state index contributed by atoms with van der Waals surface area (Å²) in [4.78, 5) is 11.9. The number of para-hydroxylation sites is 1. The van der Waals surface area contributed by atoms with E-state index in [1.54, 1.807) is 0 Å². The third-order valence-electron chi connectivity index (χ3n) is 3.43. The Labute approximate surface area is 120 Å². The molecule has 1 aromatic carbocycles. The topological polar surface area (TPSA) is 64.4 Å². The SMILES string of the molecule is CC(N)C(C)C(=O)NC1COc2ccccc2C1.Cl. The highest BCUT2D eigenvalue weighted by molar-refractivity contribution is 5.85. The molecule has 3 unspecified atom stereocenters. The normalized spacial score (nSPS) is 20.3. The molecule has 1 aliphatic rings. The van der Waals surface area contributed by atoms with Crippen LogP contribution in [0.4, 0.5) is 0 Å². The Kier molecular flexibility index (Phi) is 5.63. The van der Waals surface area contributed by atoms with Gasteiger partial charge in [-0.25, -0.2) is 0 Å². The molecular formula is C14H21ClN2O2. The molecule has 1 amide bonds. The van der Waals surface area contributed by atoms with Crippen LogP contribution in [-0.4, -0.2) is 24.6 Å². The summed E-state index contributed by atoms with van der Waals surface area (Å²) in [5.41, 5.74) is 6.87. The van der Waals surface area contributed by atoms with Gasteiger partial charge in [0.2, 0.25) is 5.91 Å². The monoisotopic (exact) mass is 284 g/mol. The van der Waals surface area contributed by atoms with E-state index in [1.165, 1.54) is 0 Å². The second-order valence-electron chi connectivity index (χ2n) is 4.98. The molecule has 106 valence electrons. The molecule has 0 aromatic heterocycles. The summed E-state index contributed by atoms with van der Waals surface area (Å²) in [6, 6.07) is 7.82. The van der Waals surface area contributed by atoms with E-state index in [2.05, 4.69) is 5.32 Å². The molecule has 0 bridgehead atoms. The van der Waals surface area contributed by atoms with Crippen molar-refractivity contribution in [2.45, 2.75) is 32.4 Å². The van der Waals surface area contributed by atoms with E-state index < -0.39 is 0 Å². The van der Waals surface area contributed by atoms with E-state index in [0.717, 1.165) is 17.7 Å². The number of carbonyl (C=O) groups is 1. The maximum Gasteiger partial charge on any atom is 0.224 e. The van der Waals surface area contributed by atoms with Gasteiger partial charge in [0.15, 0.2) is 0 Å². The lowest BCUT2D eigenvalue weighted by Crippen LogP contribution is -2.47. The van der Waals surface area contributed by atoms with Gasteiger partial charge in [0.1, 0.15) is 12.4 Å². The molecule has 19 heavy (non-hydrogen) atoms. The summed E-state index contributed by atoms with van der Waals surface area (Å²) in [6.07, 6.45) is 0.813. The maximum atomic E-state index is 11.9. The van der Waals surface area contributed by atoms with Gasteiger partial charge in [-0.3, -0.25) is 4.79 Å². The van der Waals surface area contributed by atoms with E-state index in [1.807, 2.05) is 38.1 Å². The van der Waals surface area contributed by atoms with Crippen LogP contribution >= 0.6 is 12.4 Å². The molecule has 0 spiro atoms. The number of amides is 1. The molecule has 2 rings (SSSR count). The molecule has 1 heterocycles. The van der Waals surface area contributed by atoms with Crippen LogP contribution in [0.1, 0.15) is 19.4 Å². The van der Waals surface area contributed by atoms with Crippen LogP contribution < -0.4 is 15.8 Å². The molecular weight excluding hydrogens is 264 g/mol. The van der Waals surface area contributed by atoms with Crippen molar-refractivity contribution in [1.29, 1.82) is 0 Å². The Morgan fingerprint density at radius 2 is 2.11 bits per heavy atom. The van der Waals surface area contributed by atoms with Gasteiger partial charge >= 0.3 is 0 Å². The van der Waals surface area contributed by atoms with Gasteiger partial charge in [-0.2, -0.15) is 0 Å². The van der Waals surface area contributed by atoms with Crippen molar-refractivity contribution in [1.82, 2.24) is 5.32 Å². The van der Waals surface area contributed by atoms with E-state index in [0.29, 0.717) is 6.61 Å². The zero-order valence-corrected chi connectivity index (χ0v) is 12.1. The van der Waals surface area contributed by atoms with E-state index in [4.69, 9.17) is 10.5 Å². The standard InChI is InChI=1S/C14H20N2O2.ClH/c1-9(10(2)15)14(17)16-12-7-11-5-3-4-6-13(11)18-8-12;/h3-6,9-10,12H,7-8,15H2,1-2H3,(H,16,17);1H. The quantitative estimate of drug-likeness (QED) is 0.884. The third kappa shape index (κ3) is 3.85. The summed E-state index contributed by atoms with van der Waals surface area (Å²) in [5, 5.41) is 3.00. The van der Waals surface area contributed by atoms with E-state index in [9.17, 15) is 4.79 Å². The largest absolute Gasteiger partial charge is 0.491 e. The van der Waals surface area contributed by atoms with Crippen LogP contribution in [0.15, 0.2) is 24.3 Å². The van der Waals surface area contributed by atoms with Crippen LogP contribution in [0.5, 0.6) is 5.75 Å². The molecule has 0 aliphatic carbocycles. The number of benzene rings is 1. The fourth-order valence-electron chi connectivity index (χ4n) is 1.99. The number of hydrogen-bond acceptors (Lipinski definition) is 3. The first kappa shape index (κ1) is 15.8. The Morgan fingerprint density at radius 3 is 2.79 bits per heavy atom. The van der Waals surface area contributed by atoms with E-state index in [-0.39, 0.29) is 36.3 Å². The lowest BCUT2D eigenvalue weighted by atomic mass is 10.00. The minimum atomic E-state index is -0.179. The van der Waals surface area contributed by atoms with Gasteiger partial charge in [0.25, 0.3) is 0 Å². The van der Waals surface area contributed by atoms with Crippen molar-refractivity contribution in [3.63, 3.8) is 0 Å². The minimum Gasteiger partial charge on any atom is -0.491 e. The summed E-state index contributed by atoms with van der Waals surface area (Å²) >= 11 is 0. The number of nitrogens with two attached hydrogens (primary N) is 1. The predicted molar refractivity (Wildman–Crippen MR) is 77.6 cm³/mol. The molecule has 0 saturated heterocycles. The highest BCUT2D eigenvalue weighted by Gasteiger charge is 2.24. The first-order valence-electron chi connectivity index (χ1n) is 6.34. The highest BCUT2D eigenvalue weighted by Crippen LogP contribution is 2.23. The molecule has 3 N–H and O–H groups in total. The molecule has 4 nitrogen and oxygen atoms in total. The van der Waals surface area contributed by atoms with Gasteiger partial charge in [0.05, 0.1) is 6.04 Å². The number of fused-ring (bicyclic) bond motifs is 1. The summed E-state index contributed by atoms with van der Waals surface area (Å²) in [5.74, 6) is 0.739. The van der Waals surface area contributed by atoms with Crippen LogP contribution in [0.2, 0.25) is 0 Å². The molecule has 1 aromatic rings. The summed E-state index contributed by atoms with van der Waals surface area (Å²) < 4.78 is 5.63. The van der Waals surface area contributed by atoms with Crippen LogP contribution in [0.25, 0.3) is 0 Å². The van der Waals surface area contributed by atoms with Crippen molar-refractivity contribution in [2.75, 3.05) is 6.61 Å². The fourth-order valence-corrected chi connectivity index (χ4v) is 1.99. The second-order valence-corrected chi connectivity index (χ2v) is 4.98.